The van der Waals surface area contributed by atoms with Crippen molar-refractivity contribution >= 4 is 6.41 Å². The molecular weight excluding hydrogens is 230 g/mol. The highest BCUT2D eigenvalue weighted by Gasteiger charge is 2.02. The number of hydroxylamine groups is 2. The fourth-order valence-electron chi connectivity index (χ4n) is 1.58. The lowest BCUT2D eigenvalue weighted by molar-refractivity contribution is -0.172. The summed E-state index contributed by atoms with van der Waals surface area (Å²) in [5.41, 5.74) is 1.15. The predicted octanol–water partition coefficient (Wildman–Crippen LogP) is 2.51. The van der Waals surface area contributed by atoms with E-state index in [1.165, 1.54) is 5.06 Å². The zero-order chi connectivity index (χ0) is 13.2. The number of phenols is 1. The first-order valence-electron chi connectivity index (χ1n) is 6.39. The van der Waals surface area contributed by atoms with Gasteiger partial charge in [-0.05, 0) is 37.0 Å². The normalized spacial score (nSPS) is 10.3. The van der Waals surface area contributed by atoms with E-state index in [9.17, 15) is 4.79 Å². The van der Waals surface area contributed by atoms with Crippen molar-refractivity contribution in [3.8, 4) is 5.75 Å². The molecule has 18 heavy (non-hydrogen) atoms. The van der Waals surface area contributed by atoms with E-state index in [0.717, 1.165) is 37.7 Å². The van der Waals surface area contributed by atoms with Crippen molar-refractivity contribution < 1.29 is 14.7 Å². The number of carbonyl (C=O) groups excluding carboxylic acids is 1. The van der Waals surface area contributed by atoms with Crippen molar-refractivity contribution in [3.05, 3.63) is 29.8 Å². The summed E-state index contributed by atoms with van der Waals surface area (Å²) in [5.74, 6) is 0.274. The summed E-state index contributed by atoms with van der Waals surface area (Å²) >= 11 is 0. The van der Waals surface area contributed by atoms with Gasteiger partial charge in [-0.25, -0.2) is 5.06 Å². The first kappa shape index (κ1) is 14.5. The topological polar surface area (TPSA) is 49.8 Å². The Balaban J connectivity index is 2.22. The Morgan fingerprint density at radius 2 is 2.00 bits per heavy atom. The minimum absolute atomic E-state index is 0.274. The van der Waals surface area contributed by atoms with Crippen molar-refractivity contribution in [1.82, 2.24) is 5.06 Å². The molecule has 100 valence electrons. The standard InChI is InChI=1S/C14H21NO3/c1-2-3-11-18-15(12-16)10-4-5-13-6-8-14(17)9-7-13/h6-9,12,17H,2-5,10-11H2,1H3. The number of unbranched alkanes of at least 4 members (excludes halogenated alkanes) is 1. The molecule has 4 heteroatoms. The van der Waals surface area contributed by atoms with Gasteiger partial charge in [-0.2, -0.15) is 0 Å². The van der Waals surface area contributed by atoms with Crippen LogP contribution in [-0.2, 0) is 16.1 Å². The third kappa shape index (κ3) is 5.68. The maximum absolute atomic E-state index is 10.8. The number of carbonyl (C=O) groups is 1. The molecule has 0 fully saturated rings. The second-order valence-electron chi connectivity index (χ2n) is 4.20. The molecule has 1 N–H and O–H groups in total. The van der Waals surface area contributed by atoms with Crippen LogP contribution in [-0.4, -0.2) is 29.7 Å². The smallest absolute Gasteiger partial charge is 0.233 e. The van der Waals surface area contributed by atoms with Gasteiger partial charge in [0.1, 0.15) is 5.75 Å². The molecule has 4 nitrogen and oxygen atoms in total. The predicted molar refractivity (Wildman–Crippen MR) is 70.1 cm³/mol. The van der Waals surface area contributed by atoms with E-state index >= 15 is 0 Å². The molecule has 0 aliphatic carbocycles. The number of hydrogen-bond acceptors (Lipinski definition) is 3. The molecule has 0 saturated heterocycles. The third-order valence-electron chi connectivity index (χ3n) is 2.65. The van der Waals surface area contributed by atoms with E-state index < -0.39 is 0 Å². The second-order valence-corrected chi connectivity index (χ2v) is 4.20. The lowest BCUT2D eigenvalue weighted by Gasteiger charge is -2.16. The highest BCUT2D eigenvalue weighted by molar-refractivity contribution is 5.44. The molecule has 0 aliphatic heterocycles. The Labute approximate surface area is 108 Å². The summed E-state index contributed by atoms with van der Waals surface area (Å²) in [7, 11) is 0. The second kappa shape index (κ2) is 8.53. The van der Waals surface area contributed by atoms with E-state index in [1.807, 2.05) is 12.1 Å². The van der Waals surface area contributed by atoms with E-state index in [4.69, 9.17) is 9.94 Å². The highest BCUT2D eigenvalue weighted by atomic mass is 16.7. The molecule has 0 saturated carbocycles. The SMILES string of the molecule is CCCCON(C=O)CCCc1ccc(O)cc1. The molecule has 0 bridgehead atoms. The quantitative estimate of drug-likeness (QED) is 0.417. The van der Waals surface area contributed by atoms with Crippen LogP contribution in [0.3, 0.4) is 0 Å². The van der Waals surface area contributed by atoms with Crippen molar-refractivity contribution in [2.24, 2.45) is 0 Å². The van der Waals surface area contributed by atoms with Crippen LogP contribution >= 0.6 is 0 Å². The Morgan fingerprint density at radius 3 is 2.61 bits per heavy atom. The van der Waals surface area contributed by atoms with E-state index in [0.29, 0.717) is 13.2 Å². The van der Waals surface area contributed by atoms with Gasteiger partial charge in [-0.1, -0.05) is 25.5 Å². The lowest BCUT2D eigenvalue weighted by Crippen LogP contribution is -2.24. The Bertz CT molecular complexity index is 337. The summed E-state index contributed by atoms with van der Waals surface area (Å²) in [6.45, 7) is 3.27. The van der Waals surface area contributed by atoms with Crippen LogP contribution in [0.25, 0.3) is 0 Å². The van der Waals surface area contributed by atoms with Crippen molar-refractivity contribution in [1.29, 1.82) is 0 Å². The highest BCUT2D eigenvalue weighted by Crippen LogP contribution is 2.11. The number of phenolic OH excluding ortho intramolecular Hbond substituents is 1. The van der Waals surface area contributed by atoms with Gasteiger partial charge in [-0.15, -0.1) is 0 Å². The Hall–Kier alpha value is -1.55. The largest absolute Gasteiger partial charge is 0.508 e. The third-order valence-corrected chi connectivity index (χ3v) is 2.65. The van der Waals surface area contributed by atoms with Crippen molar-refractivity contribution in [3.63, 3.8) is 0 Å². The zero-order valence-electron chi connectivity index (χ0n) is 10.8. The van der Waals surface area contributed by atoms with Gasteiger partial charge < -0.3 is 5.11 Å². The minimum Gasteiger partial charge on any atom is -0.508 e. The van der Waals surface area contributed by atoms with Gasteiger partial charge in [0.05, 0.1) is 6.61 Å². The van der Waals surface area contributed by atoms with Crippen LogP contribution < -0.4 is 0 Å². The number of benzene rings is 1. The summed E-state index contributed by atoms with van der Waals surface area (Å²) < 4.78 is 0. The zero-order valence-corrected chi connectivity index (χ0v) is 10.8. The molecule has 0 aliphatic rings. The maximum Gasteiger partial charge on any atom is 0.233 e. The van der Waals surface area contributed by atoms with Crippen LogP contribution in [0.15, 0.2) is 24.3 Å². The molecule has 0 radical (unpaired) electrons. The summed E-state index contributed by atoms with van der Waals surface area (Å²) in [5, 5.41) is 10.5. The fraction of sp³-hybridized carbons (Fsp3) is 0.500. The summed E-state index contributed by atoms with van der Waals surface area (Å²) in [6, 6.07) is 7.12. The number of nitrogens with zero attached hydrogens (tertiary/aromatic N) is 1. The molecule has 0 unspecified atom stereocenters. The minimum atomic E-state index is 0.274. The molecular formula is C14H21NO3. The first-order valence-corrected chi connectivity index (χ1v) is 6.39. The molecule has 1 aromatic rings. The summed E-state index contributed by atoms with van der Waals surface area (Å²) in [4.78, 5) is 16.1. The molecule has 0 spiro atoms. The van der Waals surface area contributed by atoms with Gasteiger partial charge in [0.25, 0.3) is 0 Å². The molecule has 1 aromatic carbocycles. The molecule has 1 rings (SSSR count). The van der Waals surface area contributed by atoms with Crippen LogP contribution in [0.1, 0.15) is 31.7 Å². The van der Waals surface area contributed by atoms with E-state index in [1.54, 1.807) is 12.1 Å². The van der Waals surface area contributed by atoms with Crippen LogP contribution in [0.4, 0.5) is 0 Å². The number of rotatable bonds is 9. The van der Waals surface area contributed by atoms with Gasteiger partial charge in [-0.3, -0.25) is 9.63 Å². The molecule has 1 amide bonds. The van der Waals surface area contributed by atoms with E-state index in [2.05, 4.69) is 6.92 Å². The lowest BCUT2D eigenvalue weighted by atomic mass is 10.1. The Morgan fingerprint density at radius 1 is 1.28 bits per heavy atom. The average Bonchev–Trinajstić information content (AvgIpc) is 2.39. The average molecular weight is 251 g/mol. The molecule has 0 aromatic heterocycles. The molecule has 0 heterocycles. The van der Waals surface area contributed by atoms with Gasteiger partial charge in [0, 0.05) is 6.54 Å². The van der Waals surface area contributed by atoms with Gasteiger partial charge >= 0.3 is 0 Å². The van der Waals surface area contributed by atoms with Crippen molar-refractivity contribution in [2.45, 2.75) is 32.6 Å². The number of amides is 1. The monoisotopic (exact) mass is 251 g/mol. The van der Waals surface area contributed by atoms with Crippen molar-refractivity contribution in [2.75, 3.05) is 13.2 Å². The van der Waals surface area contributed by atoms with Gasteiger partial charge in [0.15, 0.2) is 0 Å². The number of hydrogen-bond donors (Lipinski definition) is 1. The first-order chi connectivity index (χ1) is 8.76. The maximum atomic E-state index is 10.8. The summed E-state index contributed by atoms with van der Waals surface area (Å²) in [6.07, 6.45) is 4.45. The van der Waals surface area contributed by atoms with Gasteiger partial charge in [0.2, 0.25) is 6.41 Å². The number of aryl methyl sites for hydroxylation is 1. The Kier molecular flexibility index (Phi) is 6.87. The van der Waals surface area contributed by atoms with Crippen LogP contribution in [0.2, 0.25) is 0 Å². The van der Waals surface area contributed by atoms with Crippen LogP contribution in [0, 0.1) is 0 Å². The fourth-order valence-corrected chi connectivity index (χ4v) is 1.58. The van der Waals surface area contributed by atoms with E-state index in [-0.39, 0.29) is 5.75 Å². The molecule has 0 atom stereocenters. The number of aromatic hydroxyl groups is 1. The van der Waals surface area contributed by atoms with Crippen LogP contribution in [0.5, 0.6) is 5.75 Å².